The third kappa shape index (κ3) is 8.48. The van der Waals surface area contributed by atoms with Gasteiger partial charge < -0.3 is 94.4 Å². The van der Waals surface area contributed by atoms with Crippen molar-refractivity contribution in [2.45, 2.75) is 181 Å². The highest BCUT2D eigenvalue weighted by Crippen LogP contribution is 2.45. The van der Waals surface area contributed by atoms with E-state index in [4.69, 9.17) is 33.2 Å². The molecule has 4 saturated heterocycles. The first-order valence-corrected chi connectivity index (χ1v) is 18.3. The molecule has 0 bridgehead atoms. The zero-order chi connectivity index (χ0) is 37.6. The molecule has 6 rings (SSSR count). The molecule has 2 saturated carbocycles. The lowest BCUT2D eigenvalue weighted by Crippen LogP contribution is -2.63. The number of hydrogen-bond donors (Lipinski definition) is 12. The van der Waals surface area contributed by atoms with Crippen LogP contribution in [0.5, 0.6) is 0 Å². The molecule has 19 heteroatoms. The number of fused-ring (bicyclic) bond motifs is 1. The third-order valence-corrected chi connectivity index (χ3v) is 11.7. The number of hydrogen-bond acceptors (Lipinski definition) is 19. The highest BCUT2D eigenvalue weighted by molar-refractivity contribution is 5.00. The Hall–Kier alpha value is -0.760. The molecule has 0 spiro atoms. The van der Waals surface area contributed by atoms with E-state index in [1.807, 2.05) is 0 Å². The zero-order valence-electron chi connectivity index (χ0n) is 28.9. The maximum absolute atomic E-state index is 11.0. The lowest BCUT2D eigenvalue weighted by atomic mass is 9.73. The van der Waals surface area contributed by atoms with Crippen LogP contribution in [0.2, 0.25) is 0 Å². The molecule has 0 radical (unpaired) electrons. The van der Waals surface area contributed by atoms with Crippen LogP contribution in [-0.2, 0) is 33.2 Å². The normalized spacial score (nSPS) is 54.8. The summed E-state index contributed by atoms with van der Waals surface area (Å²) >= 11 is 0. The van der Waals surface area contributed by atoms with Crippen LogP contribution in [0.15, 0.2) is 0 Å². The minimum Gasteiger partial charge on any atom is -0.394 e. The Balaban J connectivity index is 1.19. The fraction of sp³-hybridized carbons (Fsp3) is 1.00. The van der Waals surface area contributed by atoms with Crippen molar-refractivity contribution in [2.24, 2.45) is 11.8 Å². The van der Waals surface area contributed by atoms with Gasteiger partial charge in [-0.3, -0.25) is 0 Å². The average molecular weight is 757 g/mol. The van der Waals surface area contributed by atoms with Gasteiger partial charge >= 0.3 is 0 Å². The van der Waals surface area contributed by atoms with Crippen LogP contribution in [0.1, 0.15) is 51.9 Å². The largest absolute Gasteiger partial charge is 0.394 e. The Morgan fingerprint density at radius 2 is 1.08 bits per heavy atom. The molecule has 21 unspecified atom stereocenters. The van der Waals surface area contributed by atoms with Gasteiger partial charge in [0.1, 0.15) is 67.1 Å². The molecule has 0 aromatic rings. The molecule has 4 aliphatic heterocycles. The summed E-state index contributed by atoms with van der Waals surface area (Å²) in [4.78, 5) is 0. The third-order valence-electron chi connectivity index (χ3n) is 11.7. The molecule has 0 aromatic carbocycles. The summed E-state index contributed by atoms with van der Waals surface area (Å²) in [5.41, 5.74) is 0. The Bertz CT molecular complexity index is 1130. The van der Waals surface area contributed by atoms with Crippen LogP contribution >= 0.6 is 0 Å². The molecule has 4 heterocycles. The van der Waals surface area contributed by atoms with Crippen molar-refractivity contribution >= 4 is 0 Å². The molecular formula is C33H56O19. The van der Waals surface area contributed by atoms with Gasteiger partial charge in [0.2, 0.25) is 0 Å². The number of aliphatic hydroxyl groups is 12. The second kappa shape index (κ2) is 17.2. The summed E-state index contributed by atoms with van der Waals surface area (Å²) in [5.74, 6) is -0.613. The van der Waals surface area contributed by atoms with Gasteiger partial charge in [0, 0.05) is 12.3 Å². The maximum atomic E-state index is 11.0. The first-order chi connectivity index (χ1) is 24.7. The lowest BCUT2D eigenvalue weighted by molar-refractivity contribution is -0.351. The van der Waals surface area contributed by atoms with Crippen LogP contribution < -0.4 is 0 Å². The van der Waals surface area contributed by atoms with Gasteiger partial charge in [0.05, 0.1) is 55.9 Å². The van der Waals surface area contributed by atoms with Crippen LogP contribution in [0.3, 0.4) is 0 Å². The van der Waals surface area contributed by atoms with Gasteiger partial charge in [-0.15, -0.1) is 0 Å². The SMILES string of the molecule is CC1OC(OCC2OC(OC3CC4C(OC5OC(CO)C(O)C(O)C5O)CC(O)CC4OC3C3CCC(O)CC3)C(O)C(O)C2O)C(O)C(O)C1O. The minimum atomic E-state index is -1.76. The molecule has 52 heavy (non-hydrogen) atoms. The molecule has 0 aromatic heterocycles. The van der Waals surface area contributed by atoms with E-state index in [1.54, 1.807) is 0 Å². The standard InChI is InChI=1S/C33H56O19/c1-11-21(37)24(40)27(43)31(47-11)46-10-20-23(39)26(42)29(45)33(52-20)50-18-8-15-16(48-30(18)12-2-4-13(35)5-3-12)6-14(36)7-17(15)49-32-28(44)25(41)22(38)19(9-34)51-32/h11-45H,2-10H2,1H3. The smallest absolute Gasteiger partial charge is 0.187 e. The summed E-state index contributed by atoms with van der Waals surface area (Å²) in [6.45, 7) is 0.333. The van der Waals surface area contributed by atoms with Crippen LogP contribution in [-0.4, -0.2) is 203 Å². The number of rotatable bonds is 9. The van der Waals surface area contributed by atoms with Crippen molar-refractivity contribution < 1.29 is 94.4 Å². The fourth-order valence-corrected chi connectivity index (χ4v) is 8.54. The molecular weight excluding hydrogens is 700 g/mol. The molecule has 302 valence electrons. The summed E-state index contributed by atoms with van der Waals surface area (Å²) in [6, 6.07) is 0. The quantitative estimate of drug-likeness (QED) is 0.105. The van der Waals surface area contributed by atoms with E-state index in [9.17, 15) is 61.3 Å². The van der Waals surface area contributed by atoms with E-state index >= 15 is 0 Å². The van der Waals surface area contributed by atoms with Gasteiger partial charge in [-0.25, -0.2) is 0 Å². The molecule has 2 aliphatic carbocycles. The summed E-state index contributed by atoms with van der Waals surface area (Å²) < 4.78 is 41.8. The number of aliphatic hydroxyl groups excluding tert-OH is 12. The van der Waals surface area contributed by atoms with Crippen LogP contribution in [0, 0.1) is 11.8 Å². The van der Waals surface area contributed by atoms with E-state index in [1.165, 1.54) is 6.92 Å². The molecule has 19 nitrogen and oxygen atoms in total. The van der Waals surface area contributed by atoms with Crippen LogP contribution in [0.25, 0.3) is 0 Å². The molecule has 6 aliphatic rings. The summed E-state index contributed by atoms with van der Waals surface area (Å²) in [6.07, 6.45) is -24.0. The predicted octanol–water partition coefficient (Wildman–Crippen LogP) is -5.31. The van der Waals surface area contributed by atoms with Crippen molar-refractivity contribution in [3.05, 3.63) is 0 Å². The first kappa shape index (κ1) is 40.9. The van der Waals surface area contributed by atoms with Gasteiger partial charge in [-0.2, -0.15) is 0 Å². The lowest BCUT2D eigenvalue weighted by Gasteiger charge is -2.52. The molecule has 21 atom stereocenters. The Morgan fingerprint density at radius 3 is 1.71 bits per heavy atom. The van der Waals surface area contributed by atoms with E-state index < -0.39 is 148 Å². The topological polar surface area (TPSA) is 307 Å². The monoisotopic (exact) mass is 756 g/mol. The fourth-order valence-electron chi connectivity index (χ4n) is 8.54. The Morgan fingerprint density at radius 1 is 0.519 bits per heavy atom. The van der Waals surface area contributed by atoms with Crippen molar-refractivity contribution in [2.75, 3.05) is 13.2 Å². The van der Waals surface area contributed by atoms with E-state index in [0.29, 0.717) is 25.7 Å². The van der Waals surface area contributed by atoms with Crippen molar-refractivity contribution in [3.8, 4) is 0 Å². The maximum Gasteiger partial charge on any atom is 0.187 e. The van der Waals surface area contributed by atoms with Gasteiger partial charge in [-0.05, 0) is 51.4 Å². The van der Waals surface area contributed by atoms with Gasteiger partial charge in [-0.1, -0.05) is 0 Å². The average Bonchev–Trinajstić information content (AvgIpc) is 3.12. The van der Waals surface area contributed by atoms with Crippen LogP contribution in [0.4, 0.5) is 0 Å². The van der Waals surface area contributed by atoms with Crippen molar-refractivity contribution in [1.82, 2.24) is 0 Å². The highest BCUT2D eigenvalue weighted by atomic mass is 16.7. The molecule has 12 N–H and O–H groups in total. The van der Waals surface area contributed by atoms with Gasteiger partial charge in [0.15, 0.2) is 18.9 Å². The Labute approximate surface area is 300 Å². The Kier molecular flexibility index (Phi) is 13.5. The minimum absolute atomic E-state index is 0.0822. The molecule has 6 fully saturated rings. The van der Waals surface area contributed by atoms with E-state index in [2.05, 4.69) is 0 Å². The second-order valence-electron chi connectivity index (χ2n) is 15.3. The van der Waals surface area contributed by atoms with Gasteiger partial charge in [0.25, 0.3) is 0 Å². The van der Waals surface area contributed by atoms with Crippen molar-refractivity contribution in [1.29, 1.82) is 0 Å². The van der Waals surface area contributed by atoms with E-state index in [0.717, 1.165) is 0 Å². The molecule has 0 amide bonds. The van der Waals surface area contributed by atoms with E-state index in [-0.39, 0.29) is 25.2 Å². The highest BCUT2D eigenvalue weighted by Gasteiger charge is 2.54. The summed E-state index contributed by atoms with van der Waals surface area (Å²) in [5, 5.41) is 125. The zero-order valence-corrected chi connectivity index (χ0v) is 28.9. The second-order valence-corrected chi connectivity index (χ2v) is 15.3. The number of ether oxygens (including phenoxy) is 7. The van der Waals surface area contributed by atoms with Crippen molar-refractivity contribution in [3.63, 3.8) is 0 Å². The predicted molar refractivity (Wildman–Crippen MR) is 168 cm³/mol. The summed E-state index contributed by atoms with van der Waals surface area (Å²) in [7, 11) is 0. The first-order valence-electron chi connectivity index (χ1n) is 18.3.